The molecule has 0 saturated carbocycles. The van der Waals surface area contributed by atoms with Gasteiger partial charge in [0, 0.05) is 17.8 Å². The summed E-state index contributed by atoms with van der Waals surface area (Å²) in [5.41, 5.74) is 2.18. The van der Waals surface area contributed by atoms with Crippen LogP contribution in [0.1, 0.15) is 22.8 Å². The lowest BCUT2D eigenvalue weighted by Crippen LogP contribution is -2.40. The Hall–Kier alpha value is -2.69. The number of aryl methyl sites for hydroxylation is 1. The Morgan fingerprint density at radius 3 is 2.43 bits per heavy atom. The van der Waals surface area contributed by atoms with Gasteiger partial charge in [0.1, 0.15) is 5.82 Å². The fourth-order valence-corrected chi connectivity index (χ4v) is 2.25. The summed E-state index contributed by atoms with van der Waals surface area (Å²) in [5, 5.41) is 2.56. The van der Waals surface area contributed by atoms with Crippen LogP contribution >= 0.6 is 0 Å². The zero-order valence-corrected chi connectivity index (χ0v) is 13.2. The molecule has 0 unspecified atom stereocenters. The third-order valence-electron chi connectivity index (χ3n) is 3.44. The fourth-order valence-electron chi connectivity index (χ4n) is 2.25. The first-order valence-corrected chi connectivity index (χ1v) is 7.42. The third kappa shape index (κ3) is 4.39. The van der Waals surface area contributed by atoms with Gasteiger partial charge in [-0.2, -0.15) is 0 Å². The summed E-state index contributed by atoms with van der Waals surface area (Å²) in [6, 6.07) is 12.8. The van der Waals surface area contributed by atoms with Crippen molar-refractivity contribution < 1.29 is 14.0 Å². The van der Waals surface area contributed by atoms with Crippen LogP contribution in [0.3, 0.4) is 0 Å². The van der Waals surface area contributed by atoms with E-state index in [9.17, 15) is 14.0 Å². The molecule has 5 heteroatoms. The van der Waals surface area contributed by atoms with E-state index in [0.717, 1.165) is 11.3 Å². The second kappa shape index (κ2) is 7.54. The molecule has 0 heterocycles. The van der Waals surface area contributed by atoms with Crippen molar-refractivity contribution in [2.24, 2.45) is 0 Å². The lowest BCUT2D eigenvalue weighted by Gasteiger charge is -2.21. The van der Waals surface area contributed by atoms with Crippen LogP contribution in [-0.2, 0) is 4.79 Å². The number of amides is 2. The van der Waals surface area contributed by atoms with E-state index in [2.05, 4.69) is 5.32 Å². The highest BCUT2D eigenvalue weighted by Gasteiger charge is 2.15. The highest BCUT2D eigenvalue weighted by atomic mass is 19.1. The van der Waals surface area contributed by atoms with Gasteiger partial charge < -0.3 is 10.2 Å². The Bertz CT molecular complexity index is 698. The van der Waals surface area contributed by atoms with Crippen LogP contribution in [-0.4, -0.2) is 24.9 Å². The van der Waals surface area contributed by atoms with Crippen LogP contribution in [0, 0.1) is 12.7 Å². The van der Waals surface area contributed by atoms with Crippen molar-refractivity contribution in [1.82, 2.24) is 5.32 Å². The molecule has 2 aromatic rings. The van der Waals surface area contributed by atoms with Crippen LogP contribution < -0.4 is 10.2 Å². The summed E-state index contributed by atoms with van der Waals surface area (Å²) >= 11 is 0. The van der Waals surface area contributed by atoms with Gasteiger partial charge in [-0.25, -0.2) is 4.39 Å². The lowest BCUT2D eigenvalue weighted by atomic mass is 10.2. The van der Waals surface area contributed by atoms with Crippen LogP contribution in [0.4, 0.5) is 10.1 Å². The van der Waals surface area contributed by atoms with E-state index in [4.69, 9.17) is 0 Å². The van der Waals surface area contributed by atoms with Crippen LogP contribution in [0.15, 0.2) is 48.5 Å². The quantitative estimate of drug-likeness (QED) is 0.922. The van der Waals surface area contributed by atoms with Gasteiger partial charge in [0.15, 0.2) is 0 Å². The number of likely N-dealkylation sites (N-methyl/N-ethyl adjacent to an activating group) is 1. The Balaban J connectivity index is 2.00. The monoisotopic (exact) mass is 314 g/mol. The Morgan fingerprint density at radius 2 is 1.83 bits per heavy atom. The summed E-state index contributed by atoms with van der Waals surface area (Å²) in [6.45, 7) is 4.23. The summed E-state index contributed by atoms with van der Waals surface area (Å²) < 4.78 is 12.8. The predicted molar refractivity (Wildman–Crippen MR) is 87.9 cm³/mol. The minimum atomic E-state index is -0.408. The van der Waals surface area contributed by atoms with E-state index in [1.807, 2.05) is 38.1 Å². The van der Waals surface area contributed by atoms with E-state index >= 15 is 0 Å². The van der Waals surface area contributed by atoms with Crippen molar-refractivity contribution in [1.29, 1.82) is 0 Å². The van der Waals surface area contributed by atoms with E-state index in [1.165, 1.54) is 24.3 Å². The zero-order chi connectivity index (χ0) is 16.8. The number of anilines is 1. The molecule has 1 N–H and O–H groups in total. The first kappa shape index (κ1) is 16.7. The number of nitrogens with one attached hydrogen (secondary N) is 1. The topological polar surface area (TPSA) is 49.4 Å². The summed E-state index contributed by atoms with van der Waals surface area (Å²) in [4.78, 5) is 25.9. The Morgan fingerprint density at radius 1 is 1.13 bits per heavy atom. The van der Waals surface area contributed by atoms with Gasteiger partial charge in [0.05, 0.1) is 6.54 Å². The van der Waals surface area contributed by atoms with Crippen LogP contribution in [0.25, 0.3) is 0 Å². The first-order valence-electron chi connectivity index (χ1n) is 7.42. The van der Waals surface area contributed by atoms with Crippen molar-refractivity contribution >= 4 is 17.5 Å². The molecule has 0 bridgehead atoms. The zero-order valence-electron chi connectivity index (χ0n) is 13.2. The number of hydrogen-bond donors (Lipinski definition) is 1. The molecule has 0 saturated heterocycles. The van der Waals surface area contributed by atoms with Gasteiger partial charge in [-0.3, -0.25) is 9.59 Å². The highest BCUT2D eigenvalue weighted by Crippen LogP contribution is 2.15. The molecule has 0 aliphatic carbocycles. The molecule has 0 aliphatic heterocycles. The summed E-state index contributed by atoms with van der Waals surface area (Å²) in [5.74, 6) is -1.01. The smallest absolute Gasteiger partial charge is 0.251 e. The SMILES string of the molecule is CCN(C(=O)CNC(=O)c1ccc(F)cc1)c1cccc(C)c1. The molecule has 4 nitrogen and oxygen atoms in total. The number of hydrogen-bond acceptors (Lipinski definition) is 2. The van der Waals surface area contributed by atoms with E-state index in [-0.39, 0.29) is 12.5 Å². The molecular weight excluding hydrogens is 295 g/mol. The molecule has 0 aliphatic rings. The van der Waals surface area contributed by atoms with Gasteiger partial charge in [-0.05, 0) is 55.8 Å². The van der Waals surface area contributed by atoms with Crippen molar-refractivity contribution in [3.8, 4) is 0 Å². The minimum absolute atomic E-state index is 0.113. The van der Waals surface area contributed by atoms with Gasteiger partial charge >= 0.3 is 0 Å². The predicted octanol–water partition coefficient (Wildman–Crippen LogP) is 2.92. The molecule has 2 aromatic carbocycles. The highest BCUT2D eigenvalue weighted by molar-refractivity contribution is 6.00. The summed E-state index contributed by atoms with van der Waals surface area (Å²) in [6.07, 6.45) is 0. The molecule has 23 heavy (non-hydrogen) atoms. The van der Waals surface area contributed by atoms with Gasteiger partial charge in [0.25, 0.3) is 5.91 Å². The number of benzene rings is 2. The van der Waals surface area contributed by atoms with E-state index in [0.29, 0.717) is 12.1 Å². The second-order valence-electron chi connectivity index (χ2n) is 5.17. The van der Waals surface area contributed by atoms with Crippen molar-refractivity contribution in [3.05, 3.63) is 65.5 Å². The van der Waals surface area contributed by atoms with Gasteiger partial charge in [-0.1, -0.05) is 12.1 Å². The molecule has 0 aromatic heterocycles. The Labute approximate surface area is 134 Å². The number of carbonyl (C=O) groups is 2. The largest absolute Gasteiger partial charge is 0.343 e. The minimum Gasteiger partial charge on any atom is -0.343 e. The number of nitrogens with zero attached hydrogens (tertiary/aromatic N) is 1. The van der Waals surface area contributed by atoms with Crippen molar-refractivity contribution in [2.75, 3.05) is 18.0 Å². The van der Waals surface area contributed by atoms with E-state index in [1.54, 1.807) is 4.90 Å². The lowest BCUT2D eigenvalue weighted by molar-refractivity contribution is -0.117. The first-order chi connectivity index (χ1) is 11.0. The molecule has 0 atom stereocenters. The Kier molecular flexibility index (Phi) is 5.46. The van der Waals surface area contributed by atoms with Crippen LogP contribution in [0.2, 0.25) is 0 Å². The maximum absolute atomic E-state index is 12.8. The molecule has 0 spiro atoms. The molecule has 0 fully saturated rings. The maximum atomic E-state index is 12.8. The molecular formula is C18H19FN2O2. The van der Waals surface area contributed by atoms with Crippen molar-refractivity contribution in [3.63, 3.8) is 0 Å². The standard InChI is InChI=1S/C18H19FN2O2/c1-3-21(16-6-4-5-13(2)11-16)17(22)12-20-18(23)14-7-9-15(19)10-8-14/h4-11H,3,12H2,1-2H3,(H,20,23). The number of carbonyl (C=O) groups excluding carboxylic acids is 2. The van der Waals surface area contributed by atoms with E-state index < -0.39 is 11.7 Å². The average molecular weight is 314 g/mol. The van der Waals surface area contributed by atoms with Gasteiger partial charge in [0.2, 0.25) is 5.91 Å². The third-order valence-corrected chi connectivity index (χ3v) is 3.44. The average Bonchev–Trinajstić information content (AvgIpc) is 2.54. The van der Waals surface area contributed by atoms with Crippen molar-refractivity contribution in [2.45, 2.75) is 13.8 Å². The molecule has 2 rings (SSSR count). The second-order valence-corrected chi connectivity index (χ2v) is 5.17. The van der Waals surface area contributed by atoms with Crippen LogP contribution in [0.5, 0.6) is 0 Å². The van der Waals surface area contributed by atoms with Gasteiger partial charge in [-0.15, -0.1) is 0 Å². The molecule has 0 radical (unpaired) electrons. The maximum Gasteiger partial charge on any atom is 0.251 e. The number of halogens is 1. The molecule has 2 amide bonds. The molecule has 120 valence electrons. The summed E-state index contributed by atoms with van der Waals surface area (Å²) in [7, 11) is 0. The fraction of sp³-hybridized carbons (Fsp3) is 0.222. The number of rotatable bonds is 5. The normalized spacial score (nSPS) is 10.2.